The van der Waals surface area contributed by atoms with Crippen LogP contribution in [0.4, 0.5) is 10.5 Å². The topological polar surface area (TPSA) is 55.9 Å². The van der Waals surface area contributed by atoms with Crippen LogP contribution in [-0.4, -0.2) is 60.1 Å². The normalized spacial score (nSPS) is 30.1. The van der Waals surface area contributed by atoms with Crippen molar-refractivity contribution in [3.05, 3.63) is 30.3 Å². The van der Waals surface area contributed by atoms with Crippen LogP contribution in [0.15, 0.2) is 30.3 Å². The number of piperazine rings is 1. The molecule has 2 heterocycles. The molecule has 1 aromatic rings. The van der Waals surface area contributed by atoms with Crippen LogP contribution >= 0.6 is 0 Å². The molecule has 1 N–H and O–H groups in total. The summed E-state index contributed by atoms with van der Waals surface area (Å²) in [4.78, 5) is 31.6. The number of amides is 3. The molecule has 0 bridgehead atoms. The van der Waals surface area contributed by atoms with Gasteiger partial charge in [-0.3, -0.25) is 9.69 Å². The molecular formula is C20H28N4O2. The van der Waals surface area contributed by atoms with Crippen LogP contribution in [0, 0.1) is 5.92 Å². The minimum atomic E-state index is -0.652. The first-order chi connectivity index (χ1) is 12.6. The molecule has 3 fully saturated rings. The molecule has 26 heavy (non-hydrogen) atoms. The summed E-state index contributed by atoms with van der Waals surface area (Å²) >= 11 is 0. The summed E-state index contributed by atoms with van der Waals surface area (Å²) < 4.78 is 0. The fourth-order valence-corrected chi connectivity index (χ4v) is 4.61. The highest BCUT2D eigenvalue weighted by atomic mass is 16.2. The van der Waals surface area contributed by atoms with E-state index in [2.05, 4.69) is 46.3 Å². The highest BCUT2D eigenvalue weighted by Crippen LogP contribution is 2.38. The van der Waals surface area contributed by atoms with Crippen molar-refractivity contribution < 1.29 is 9.59 Å². The Labute approximate surface area is 155 Å². The lowest BCUT2D eigenvalue weighted by Gasteiger charge is -2.38. The predicted octanol–water partition coefficient (Wildman–Crippen LogP) is 2.27. The Bertz CT molecular complexity index is 672. The molecular weight excluding hydrogens is 328 g/mol. The Kier molecular flexibility index (Phi) is 4.61. The van der Waals surface area contributed by atoms with Crippen molar-refractivity contribution in [1.29, 1.82) is 0 Å². The molecule has 3 aliphatic rings. The third-order valence-corrected chi connectivity index (χ3v) is 6.34. The van der Waals surface area contributed by atoms with Crippen molar-refractivity contribution in [2.24, 2.45) is 5.92 Å². The van der Waals surface area contributed by atoms with E-state index >= 15 is 0 Å². The van der Waals surface area contributed by atoms with Crippen LogP contribution in [0.25, 0.3) is 0 Å². The number of benzene rings is 1. The predicted molar refractivity (Wildman–Crippen MR) is 101 cm³/mol. The Morgan fingerprint density at radius 2 is 1.81 bits per heavy atom. The van der Waals surface area contributed by atoms with Gasteiger partial charge in [0.05, 0.1) is 6.67 Å². The number of anilines is 1. The van der Waals surface area contributed by atoms with E-state index in [-0.39, 0.29) is 17.9 Å². The quantitative estimate of drug-likeness (QED) is 0.844. The minimum Gasteiger partial charge on any atom is -0.369 e. The molecule has 6 nitrogen and oxygen atoms in total. The number of para-hydroxylation sites is 1. The van der Waals surface area contributed by atoms with Crippen LogP contribution in [0.2, 0.25) is 0 Å². The number of hydrogen-bond acceptors (Lipinski definition) is 4. The molecule has 0 unspecified atom stereocenters. The number of urea groups is 1. The molecule has 1 aromatic carbocycles. The third kappa shape index (κ3) is 2.96. The van der Waals surface area contributed by atoms with Gasteiger partial charge < -0.3 is 10.2 Å². The first-order valence-electron chi connectivity index (χ1n) is 9.76. The Hall–Kier alpha value is -2.08. The zero-order valence-electron chi connectivity index (χ0n) is 15.5. The molecule has 1 aliphatic carbocycles. The number of hydrogen-bond donors (Lipinski definition) is 1. The number of rotatable bonds is 3. The van der Waals surface area contributed by atoms with E-state index in [1.54, 1.807) is 0 Å². The van der Waals surface area contributed by atoms with E-state index in [9.17, 15) is 9.59 Å². The van der Waals surface area contributed by atoms with E-state index in [0.717, 1.165) is 51.9 Å². The van der Waals surface area contributed by atoms with Crippen molar-refractivity contribution in [3.63, 3.8) is 0 Å². The lowest BCUT2D eigenvalue weighted by molar-refractivity contribution is -0.135. The monoisotopic (exact) mass is 356 g/mol. The van der Waals surface area contributed by atoms with Gasteiger partial charge in [-0.1, -0.05) is 38.0 Å². The molecule has 2 aliphatic heterocycles. The van der Waals surface area contributed by atoms with Crippen LogP contribution in [0.1, 0.15) is 32.6 Å². The van der Waals surface area contributed by atoms with E-state index < -0.39 is 5.54 Å². The van der Waals surface area contributed by atoms with Gasteiger partial charge in [-0.05, 0) is 30.9 Å². The molecule has 1 saturated carbocycles. The van der Waals surface area contributed by atoms with Gasteiger partial charge in [-0.25, -0.2) is 9.69 Å². The van der Waals surface area contributed by atoms with Crippen molar-refractivity contribution in [3.8, 4) is 0 Å². The lowest BCUT2D eigenvalue weighted by Crippen LogP contribution is -2.55. The number of nitrogens with one attached hydrogen (secondary N) is 1. The van der Waals surface area contributed by atoms with E-state index in [4.69, 9.17) is 0 Å². The second kappa shape index (κ2) is 6.91. The number of nitrogens with zero attached hydrogens (tertiary/aromatic N) is 3. The van der Waals surface area contributed by atoms with Crippen molar-refractivity contribution >= 4 is 17.6 Å². The minimum absolute atomic E-state index is 0.0137. The highest BCUT2D eigenvalue weighted by molar-refractivity contribution is 6.07. The highest BCUT2D eigenvalue weighted by Gasteiger charge is 2.55. The second-order valence-electron chi connectivity index (χ2n) is 7.86. The number of carbonyl (C=O) groups excluding carboxylic acids is 2. The van der Waals surface area contributed by atoms with Crippen molar-refractivity contribution in [2.75, 3.05) is 37.7 Å². The molecule has 0 radical (unpaired) electrons. The largest absolute Gasteiger partial charge is 0.369 e. The van der Waals surface area contributed by atoms with Gasteiger partial charge >= 0.3 is 6.03 Å². The molecule has 1 spiro atoms. The molecule has 0 aromatic heterocycles. The van der Waals surface area contributed by atoms with E-state index in [0.29, 0.717) is 6.67 Å². The number of imide groups is 1. The average Bonchev–Trinajstić information content (AvgIpc) is 2.90. The zero-order valence-corrected chi connectivity index (χ0v) is 15.5. The summed E-state index contributed by atoms with van der Waals surface area (Å²) in [5, 5.41) is 3.04. The Morgan fingerprint density at radius 3 is 2.50 bits per heavy atom. The van der Waals surface area contributed by atoms with Crippen LogP contribution < -0.4 is 10.2 Å². The standard InChI is InChI=1S/C20H28N4O2/c1-16-7-5-6-10-20(16)18(25)24(19(26)21-20)15-22-11-13-23(14-12-22)17-8-3-2-4-9-17/h2-4,8-9,16H,5-7,10-15H2,1H3,(H,21,26)/t16-,20+/m0/s1. The summed E-state index contributed by atoms with van der Waals surface area (Å²) in [5.74, 6) is 0.202. The van der Waals surface area contributed by atoms with Gasteiger partial charge in [-0.2, -0.15) is 0 Å². The molecule has 140 valence electrons. The van der Waals surface area contributed by atoms with Gasteiger partial charge in [-0.15, -0.1) is 0 Å². The number of carbonyl (C=O) groups is 2. The maximum absolute atomic E-state index is 13.1. The van der Waals surface area contributed by atoms with Crippen LogP contribution in [0.3, 0.4) is 0 Å². The van der Waals surface area contributed by atoms with Gasteiger partial charge in [0, 0.05) is 31.9 Å². The fraction of sp³-hybridized carbons (Fsp3) is 0.600. The SMILES string of the molecule is C[C@H]1CCCC[C@@]12NC(=O)N(CN1CCN(c3ccccc3)CC1)C2=O. The summed E-state index contributed by atoms with van der Waals surface area (Å²) in [6, 6.07) is 10.2. The van der Waals surface area contributed by atoms with E-state index in [1.807, 2.05) is 6.07 Å². The van der Waals surface area contributed by atoms with Gasteiger partial charge in [0.15, 0.2) is 0 Å². The third-order valence-electron chi connectivity index (χ3n) is 6.34. The molecule has 4 rings (SSSR count). The molecule has 6 heteroatoms. The fourth-order valence-electron chi connectivity index (χ4n) is 4.61. The lowest BCUT2D eigenvalue weighted by atomic mass is 9.73. The van der Waals surface area contributed by atoms with Crippen molar-refractivity contribution in [1.82, 2.24) is 15.1 Å². The van der Waals surface area contributed by atoms with Gasteiger partial charge in [0.1, 0.15) is 5.54 Å². The molecule has 2 atom stereocenters. The second-order valence-corrected chi connectivity index (χ2v) is 7.86. The first kappa shape index (κ1) is 17.3. The summed E-state index contributed by atoms with van der Waals surface area (Å²) in [5.41, 5.74) is 0.582. The molecule has 2 saturated heterocycles. The van der Waals surface area contributed by atoms with Crippen molar-refractivity contribution in [2.45, 2.75) is 38.1 Å². The Morgan fingerprint density at radius 1 is 1.08 bits per heavy atom. The average molecular weight is 356 g/mol. The Balaban J connectivity index is 1.38. The van der Waals surface area contributed by atoms with Gasteiger partial charge in [0.25, 0.3) is 5.91 Å². The van der Waals surface area contributed by atoms with E-state index in [1.165, 1.54) is 10.6 Å². The van der Waals surface area contributed by atoms with Gasteiger partial charge in [0.2, 0.25) is 0 Å². The zero-order chi connectivity index (χ0) is 18.1. The summed E-state index contributed by atoms with van der Waals surface area (Å²) in [6.07, 6.45) is 3.94. The maximum Gasteiger partial charge on any atom is 0.326 e. The first-order valence-corrected chi connectivity index (χ1v) is 9.76. The summed E-state index contributed by atoms with van der Waals surface area (Å²) in [7, 11) is 0. The molecule has 3 amide bonds. The van der Waals surface area contributed by atoms with Crippen LogP contribution in [0.5, 0.6) is 0 Å². The van der Waals surface area contributed by atoms with Crippen LogP contribution in [-0.2, 0) is 4.79 Å². The smallest absolute Gasteiger partial charge is 0.326 e. The maximum atomic E-state index is 13.1. The summed E-state index contributed by atoms with van der Waals surface area (Å²) in [6.45, 7) is 6.04.